The zero-order chi connectivity index (χ0) is 6.95. The topological polar surface area (TPSA) is 79.2 Å². The molecular weight excluding hydrogens is 140 g/mol. The van der Waals surface area contributed by atoms with Gasteiger partial charge in [-0.2, -0.15) is 0 Å². The molecule has 1 aliphatic carbocycles. The molecule has 3 heteroatoms. The van der Waals surface area contributed by atoms with Gasteiger partial charge < -0.3 is 17.0 Å². The van der Waals surface area contributed by atoms with Crippen LogP contribution in [0.4, 0.5) is 0 Å². The van der Waals surface area contributed by atoms with Crippen LogP contribution < -0.4 is 12.3 Å². The van der Waals surface area contributed by atoms with E-state index in [1.54, 1.807) is 0 Å². The summed E-state index contributed by atoms with van der Waals surface area (Å²) in [5.41, 5.74) is 0. The Hall–Kier alpha value is -0.120. The second-order valence-corrected chi connectivity index (χ2v) is 2.20. The van der Waals surface area contributed by atoms with Crippen LogP contribution in [-0.4, -0.2) is 13.2 Å². The highest BCUT2D eigenvalue weighted by atomic mass is 16.5. The number of hydrogen-bond acceptors (Lipinski definition) is 3. The van der Waals surface area contributed by atoms with Gasteiger partial charge >= 0.3 is 0 Å². The molecule has 0 atom stereocenters. The van der Waals surface area contributed by atoms with Crippen molar-refractivity contribution >= 4 is 0 Å². The van der Waals surface area contributed by atoms with Gasteiger partial charge in [-0.1, -0.05) is 25.7 Å². The second kappa shape index (κ2) is 16.5. The Bertz CT molecular complexity index is 41.4. The quantitative estimate of drug-likeness (QED) is 0.658. The lowest BCUT2D eigenvalue weighted by Crippen LogP contribution is -1.85. The fraction of sp³-hybridized carbons (Fsp3) is 1.00. The summed E-state index contributed by atoms with van der Waals surface area (Å²) in [6, 6.07) is 0. The fourth-order valence-electron chi connectivity index (χ4n) is 0.454. The molecule has 11 heavy (non-hydrogen) atoms. The molecule has 0 unspecified atom stereocenters. The van der Waals surface area contributed by atoms with Gasteiger partial charge in [0.1, 0.15) is 0 Å². The molecular formula is C8H24N2O. The van der Waals surface area contributed by atoms with Crippen LogP contribution in [0.2, 0.25) is 0 Å². The first-order valence-electron chi connectivity index (χ1n) is 3.99. The van der Waals surface area contributed by atoms with Crippen molar-refractivity contribution in [2.75, 3.05) is 13.2 Å². The van der Waals surface area contributed by atoms with E-state index < -0.39 is 0 Å². The molecule has 1 saturated carbocycles. The largest absolute Gasteiger partial charge is 0.382 e. The molecule has 6 N–H and O–H groups in total. The Morgan fingerprint density at radius 2 is 1.09 bits per heavy atom. The highest BCUT2D eigenvalue weighted by Crippen LogP contribution is 2.15. The minimum atomic E-state index is 0. The number of ether oxygens (including phenoxy) is 1. The van der Waals surface area contributed by atoms with Gasteiger partial charge in [-0.3, -0.25) is 0 Å². The molecule has 1 rings (SSSR count). The van der Waals surface area contributed by atoms with E-state index in [-0.39, 0.29) is 12.3 Å². The minimum absolute atomic E-state index is 0. The molecule has 0 aliphatic heterocycles. The van der Waals surface area contributed by atoms with Crippen molar-refractivity contribution in [3.8, 4) is 0 Å². The average molecular weight is 164 g/mol. The molecule has 0 amide bonds. The molecule has 0 aromatic rings. The van der Waals surface area contributed by atoms with Gasteiger partial charge in [0, 0.05) is 13.2 Å². The Morgan fingerprint density at radius 3 is 1.09 bits per heavy atom. The molecule has 0 aromatic carbocycles. The predicted molar refractivity (Wildman–Crippen MR) is 50.7 cm³/mol. The maximum atomic E-state index is 4.83. The third kappa shape index (κ3) is 17.7. The van der Waals surface area contributed by atoms with E-state index in [2.05, 4.69) is 0 Å². The zero-order valence-corrected chi connectivity index (χ0v) is 8.07. The Balaban J connectivity index is -0.0000000990. The first-order valence-corrected chi connectivity index (χ1v) is 3.99. The predicted octanol–water partition coefficient (Wildman–Crippen LogP) is 2.93. The third-order valence-electron chi connectivity index (χ3n) is 1.41. The summed E-state index contributed by atoms with van der Waals surface area (Å²) >= 11 is 0. The van der Waals surface area contributed by atoms with Crippen LogP contribution in [0, 0.1) is 0 Å². The summed E-state index contributed by atoms with van der Waals surface area (Å²) in [4.78, 5) is 0. The van der Waals surface area contributed by atoms with E-state index in [9.17, 15) is 0 Å². The molecule has 1 aliphatic rings. The van der Waals surface area contributed by atoms with Crippen LogP contribution in [0.5, 0.6) is 0 Å². The number of hydrogen-bond donors (Lipinski definition) is 2. The van der Waals surface area contributed by atoms with Gasteiger partial charge in [0.15, 0.2) is 0 Å². The van der Waals surface area contributed by atoms with E-state index in [1.165, 1.54) is 25.7 Å². The SMILES string of the molecule is C1CCC1.CCOCC.N.N. The van der Waals surface area contributed by atoms with E-state index in [4.69, 9.17) is 4.74 Å². The summed E-state index contributed by atoms with van der Waals surface area (Å²) in [5, 5.41) is 0. The van der Waals surface area contributed by atoms with Gasteiger partial charge in [-0.25, -0.2) is 0 Å². The van der Waals surface area contributed by atoms with E-state index >= 15 is 0 Å². The summed E-state index contributed by atoms with van der Waals surface area (Å²) in [6.07, 6.45) is 6.00. The molecule has 3 nitrogen and oxygen atoms in total. The molecule has 72 valence electrons. The standard InChI is InChI=1S/C4H10O.C4H8.2H3N/c1-3-5-4-2;1-2-4-3-1;;/h3-4H2,1-2H3;1-4H2;2*1H3. The van der Waals surface area contributed by atoms with Crippen molar-refractivity contribution in [2.45, 2.75) is 39.5 Å². The maximum absolute atomic E-state index is 4.83. The normalized spacial score (nSPS) is 12.5. The Morgan fingerprint density at radius 1 is 0.818 bits per heavy atom. The molecule has 0 bridgehead atoms. The highest BCUT2D eigenvalue weighted by molar-refractivity contribution is 4.50. The number of rotatable bonds is 2. The minimum Gasteiger partial charge on any atom is -0.382 e. The van der Waals surface area contributed by atoms with E-state index in [0.29, 0.717) is 0 Å². The smallest absolute Gasteiger partial charge is 0.0437 e. The van der Waals surface area contributed by atoms with Crippen LogP contribution >= 0.6 is 0 Å². The lowest BCUT2D eigenvalue weighted by atomic mass is 10.0. The summed E-state index contributed by atoms with van der Waals surface area (Å²) in [5.74, 6) is 0. The van der Waals surface area contributed by atoms with Crippen LogP contribution in [0.1, 0.15) is 39.5 Å². The van der Waals surface area contributed by atoms with E-state index in [0.717, 1.165) is 13.2 Å². The summed E-state index contributed by atoms with van der Waals surface area (Å²) in [6.45, 7) is 5.67. The Kier molecular flexibility index (Phi) is 25.6. The van der Waals surface area contributed by atoms with Crippen LogP contribution in [0.3, 0.4) is 0 Å². The first-order chi connectivity index (χ1) is 4.41. The molecule has 0 heterocycles. The zero-order valence-electron chi connectivity index (χ0n) is 8.07. The third-order valence-corrected chi connectivity index (χ3v) is 1.41. The Labute approximate surface area is 70.7 Å². The van der Waals surface area contributed by atoms with Crippen molar-refractivity contribution in [2.24, 2.45) is 0 Å². The lowest BCUT2D eigenvalue weighted by molar-refractivity contribution is 0.162. The fourth-order valence-corrected chi connectivity index (χ4v) is 0.454. The van der Waals surface area contributed by atoms with Crippen molar-refractivity contribution in [3.63, 3.8) is 0 Å². The van der Waals surface area contributed by atoms with Crippen LogP contribution in [-0.2, 0) is 4.74 Å². The van der Waals surface area contributed by atoms with Gasteiger partial charge in [-0.05, 0) is 13.8 Å². The molecule has 0 spiro atoms. The van der Waals surface area contributed by atoms with Crippen molar-refractivity contribution in [3.05, 3.63) is 0 Å². The van der Waals surface area contributed by atoms with Crippen LogP contribution in [0.25, 0.3) is 0 Å². The van der Waals surface area contributed by atoms with Gasteiger partial charge in [0.2, 0.25) is 0 Å². The summed E-state index contributed by atoms with van der Waals surface area (Å²) < 4.78 is 4.83. The van der Waals surface area contributed by atoms with Crippen molar-refractivity contribution < 1.29 is 4.74 Å². The van der Waals surface area contributed by atoms with Crippen molar-refractivity contribution in [1.82, 2.24) is 12.3 Å². The lowest BCUT2D eigenvalue weighted by Gasteiger charge is -2.05. The molecule has 0 aromatic heterocycles. The van der Waals surface area contributed by atoms with Gasteiger partial charge in [-0.15, -0.1) is 0 Å². The van der Waals surface area contributed by atoms with Gasteiger partial charge in [0.25, 0.3) is 0 Å². The summed E-state index contributed by atoms with van der Waals surface area (Å²) in [7, 11) is 0. The molecule has 0 saturated heterocycles. The highest BCUT2D eigenvalue weighted by Gasteiger charge is 1.95. The molecule has 1 fully saturated rings. The van der Waals surface area contributed by atoms with Crippen molar-refractivity contribution in [1.29, 1.82) is 0 Å². The first kappa shape index (κ1) is 17.1. The van der Waals surface area contributed by atoms with E-state index in [1.807, 2.05) is 13.8 Å². The average Bonchev–Trinajstić information content (AvgIpc) is 1.63. The monoisotopic (exact) mass is 164 g/mol. The van der Waals surface area contributed by atoms with Gasteiger partial charge in [0.05, 0.1) is 0 Å². The maximum Gasteiger partial charge on any atom is 0.0437 e. The van der Waals surface area contributed by atoms with Crippen LogP contribution in [0.15, 0.2) is 0 Å². The second-order valence-electron chi connectivity index (χ2n) is 2.20. The molecule has 0 radical (unpaired) electrons.